The Morgan fingerprint density at radius 3 is 2.50 bits per heavy atom. The van der Waals surface area contributed by atoms with Gasteiger partial charge in [0.05, 0.1) is 5.54 Å². The molecule has 1 unspecified atom stereocenters. The zero-order valence-corrected chi connectivity index (χ0v) is 12.8. The number of hydrogen-bond donors (Lipinski definition) is 2. The van der Waals surface area contributed by atoms with Crippen molar-refractivity contribution in [3.63, 3.8) is 0 Å². The highest BCUT2D eigenvalue weighted by molar-refractivity contribution is 5.85. The molecule has 1 fully saturated rings. The maximum atomic E-state index is 12.3. The number of nitrogens with two attached hydrogens (primary N) is 1. The average molecular weight is 285 g/mol. The summed E-state index contributed by atoms with van der Waals surface area (Å²) in [6.45, 7) is 5.19. The Labute approximate surface area is 121 Å². The van der Waals surface area contributed by atoms with E-state index < -0.39 is 5.54 Å². The Kier molecular flexibility index (Phi) is 6.42. The molecule has 6 nitrogen and oxygen atoms in total. The number of nitrogens with one attached hydrogen (secondary N) is 1. The fourth-order valence-corrected chi connectivity index (χ4v) is 2.61. The number of piperidine rings is 1. The lowest BCUT2D eigenvalue weighted by molar-refractivity contribution is -0.138. The fourth-order valence-electron chi connectivity index (χ4n) is 2.61. The van der Waals surface area contributed by atoms with E-state index in [9.17, 15) is 9.59 Å². The Hall–Kier alpha value is -1.14. The standard InChI is InChI=1S/C14H27N3O3/c1-4-7-14(2,15)13(19)17-8-5-11(6-9-17)16-12(18)10-20-3/h11H,4-10,15H2,1-3H3,(H,16,18). The molecule has 1 saturated heterocycles. The number of rotatable bonds is 6. The van der Waals surface area contributed by atoms with Crippen molar-refractivity contribution in [1.82, 2.24) is 10.2 Å². The second-order valence-corrected chi connectivity index (χ2v) is 5.73. The number of hydrogen-bond acceptors (Lipinski definition) is 4. The summed E-state index contributed by atoms with van der Waals surface area (Å²) >= 11 is 0. The quantitative estimate of drug-likeness (QED) is 0.733. The molecular weight excluding hydrogens is 258 g/mol. The molecule has 1 rings (SSSR count). The number of nitrogens with zero attached hydrogens (tertiary/aromatic N) is 1. The molecule has 0 spiro atoms. The topological polar surface area (TPSA) is 84.7 Å². The Bertz CT molecular complexity index is 337. The van der Waals surface area contributed by atoms with Crippen molar-refractivity contribution in [3.8, 4) is 0 Å². The van der Waals surface area contributed by atoms with E-state index in [0.29, 0.717) is 19.5 Å². The van der Waals surface area contributed by atoms with Gasteiger partial charge in [-0.15, -0.1) is 0 Å². The van der Waals surface area contributed by atoms with Gasteiger partial charge in [0.2, 0.25) is 11.8 Å². The van der Waals surface area contributed by atoms with Crippen LogP contribution in [0.5, 0.6) is 0 Å². The van der Waals surface area contributed by atoms with Crippen molar-refractivity contribution in [2.75, 3.05) is 26.8 Å². The first-order valence-electron chi connectivity index (χ1n) is 7.27. The summed E-state index contributed by atoms with van der Waals surface area (Å²) in [7, 11) is 1.50. The Morgan fingerprint density at radius 1 is 1.40 bits per heavy atom. The van der Waals surface area contributed by atoms with Crippen LogP contribution in [0.1, 0.15) is 39.5 Å². The van der Waals surface area contributed by atoms with E-state index >= 15 is 0 Å². The van der Waals surface area contributed by atoms with Gasteiger partial charge in [0, 0.05) is 26.2 Å². The third-order valence-electron chi connectivity index (χ3n) is 3.68. The van der Waals surface area contributed by atoms with Crippen molar-refractivity contribution in [1.29, 1.82) is 0 Å². The van der Waals surface area contributed by atoms with Crippen LogP contribution in [0.25, 0.3) is 0 Å². The molecule has 0 bridgehead atoms. The summed E-state index contributed by atoms with van der Waals surface area (Å²) in [6.07, 6.45) is 3.12. The van der Waals surface area contributed by atoms with Gasteiger partial charge in [0.15, 0.2) is 0 Å². The van der Waals surface area contributed by atoms with Gasteiger partial charge in [-0.1, -0.05) is 13.3 Å². The van der Waals surface area contributed by atoms with Crippen molar-refractivity contribution < 1.29 is 14.3 Å². The first kappa shape index (κ1) is 16.9. The summed E-state index contributed by atoms with van der Waals surface area (Å²) in [6, 6.07) is 0.122. The predicted octanol–water partition coefficient (Wildman–Crippen LogP) is 0.258. The minimum atomic E-state index is -0.777. The highest BCUT2D eigenvalue weighted by atomic mass is 16.5. The molecule has 0 radical (unpaired) electrons. The molecule has 1 aliphatic heterocycles. The van der Waals surface area contributed by atoms with Gasteiger partial charge in [-0.25, -0.2) is 0 Å². The van der Waals surface area contributed by atoms with Crippen molar-refractivity contribution in [2.24, 2.45) is 5.73 Å². The van der Waals surface area contributed by atoms with Gasteiger partial charge in [-0.3, -0.25) is 9.59 Å². The van der Waals surface area contributed by atoms with Gasteiger partial charge < -0.3 is 20.7 Å². The predicted molar refractivity (Wildman–Crippen MR) is 77.1 cm³/mol. The second-order valence-electron chi connectivity index (χ2n) is 5.73. The Balaban J connectivity index is 2.42. The summed E-state index contributed by atoms with van der Waals surface area (Å²) in [4.78, 5) is 25.6. The highest BCUT2D eigenvalue weighted by Crippen LogP contribution is 2.17. The first-order chi connectivity index (χ1) is 9.40. The van der Waals surface area contributed by atoms with E-state index in [1.165, 1.54) is 7.11 Å². The van der Waals surface area contributed by atoms with Crippen LogP contribution in [-0.2, 0) is 14.3 Å². The fraction of sp³-hybridized carbons (Fsp3) is 0.857. The summed E-state index contributed by atoms with van der Waals surface area (Å²) in [5.74, 6) is -0.0899. The smallest absolute Gasteiger partial charge is 0.246 e. The molecule has 0 aromatic rings. The molecular formula is C14H27N3O3. The third kappa shape index (κ3) is 4.76. The molecule has 3 N–H and O–H groups in total. The molecule has 0 saturated carbocycles. The number of carbonyl (C=O) groups is 2. The van der Waals surface area contributed by atoms with E-state index in [-0.39, 0.29) is 24.5 Å². The third-order valence-corrected chi connectivity index (χ3v) is 3.68. The minimum Gasteiger partial charge on any atom is -0.375 e. The van der Waals surface area contributed by atoms with E-state index in [4.69, 9.17) is 10.5 Å². The summed E-state index contributed by atoms with van der Waals surface area (Å²) in [5, 5.41) is 2.91. The number of carbonyl (C=O) groups excluding carboxylic acids is 2. The van der Waals surface area contributed by atoms with Crippen molar-refractivity contribution >= 4 is 11.8 Å². The normalized spacial score (nSPS) is 19.5. The molecule has 0 aromatic carbocycles. The number of likely N-dealkylation sites (tertiary alicyclic amines) is 1. The average Bonchev–Trinajstić information content (AvgIpc) is 2.39. The zero-order valence-electron chi connectivity index (χ0n) is 12.8. The zero-order chi connectivity index (χ0) is 15.2. The van der Waals surface area contributed by atoms with Crippen molar-refractivity contribution in [2.45, 2.75) is 51.1 Å². The summed E-state index contributed by atoms with van der Waals surface area (Å²) in [5.41, 5.74) is 5.30. The van der Waals surface area contributed by atoms with E-state index in [2.05, 4.69) is 5.32 Å². The molecule has 1 aliphatic rings. The maximum absolute atomic E-state index is 12.3. The van der Waals surface area contributed by atoms with Crippen LogP contribution in [0.3, 0.4) is 0 Å². The van der Waals surface area contributed by atoms with Gasteiger partial charge >= 0.3 is 0 Å². The van der Waals surface area contributed by atoms with Crippen LogP contribution < -0.4 is 11.1 Å². The van der Waals surface area contributed by atoms with Crippen LogP contribution in [0, 0.1) is 0 Å². The number of amides is 2. The largest absolute Gasteiger partial charge is 0.375 e. The van der Waals surface area contributed by atoms with Crippen LogP contribution >= 0.6 is 0 Å². The van der Waals surface area contributed by atoms with E-state index in [0.717, 1.165) is 19.3 Å². The van der Waals surface area contributed by atoms with Crippen LogP contribution in [-0.4, -0.2) is 55.1 Å². The molecule has 0 aromatic heterocycles. The van der Waals surface area contributed by atoms with E-state index in [1.54, 1.807) is 6.92 Å². The molecule has 1 heterocycles. The minimum absolute atomic E-state index is 0.0148. The summed E-state index contributed by atoms with van der Waals surface area (Å²) < 4.78 is 4.78. The Morgan fingerprint density at radius 2 is 2.00 bits per heavy atom. The SMILES string of the molecule is CCCC(C)(N)C(=O)N1CCC(NC(=O)COC)CC1. The van der Waals surface area contributed by atoms with Crippen LogP contribution in [0.15, 0.2) is 0 Å². The van der Waals surface area contributed by atoms with Gasteiger partial charge in [-0.2, -0.15) is 0 Å². The van der Waals surface area contributed by atoms with Gasteiger partial charge in [0.25, 0.3) is 0 Å². The lowest BCUT2D eigenvalue weighted by Crippen LogP contribution is -2.56. The maximum Gasteiger partial charge on any atom is 0.246 e. The highest BCUT2D eigenvalue weighted by Gasteiger charge is 2.33. The lowest BCUT2D eigenvalue weighted by Gasteiger charge is -2.37. The van der Waals surface area contributed by atoms with Gasteiger partial charge in [-0.05, 0) is 26.2 Å². The molecule has 1 atom stereocenters. The molecule has 2 amide bonds. The van der Waals surface area contributed by atoms with Crippen LogP contribution in [0.4, 0.5) is 0 Å². The molecule has 20 heavy (non-hydrogen) atoms. The number of ether oxygens (including phenoxy) is 1. The molecule has 116 valence electrons. The lowest BCUT2D eigenvalue weighted by atomic mass is 9.94. The number of methoxy groups -OCH3 is 1. The second kappa shape index (κ2) is 7.59. The first-order valence-corrected chi connectivity index (χ1v) is 7.27. The van der Waals surface area contributed by atoms with E-state index in [1.807, 2.05) is 11.8 Å². The molecule has 0 aliphatic carbocycles. The van der Waals surface area contributed by atoms with Crippen molar-refractivity contribution in [3.05, 3.63) is 0 Å². The van der Waals surface area contributed by atoms with Crippen LogP contribution in [0.2, 0.25) is 0 Å². The van der Waals surface area contributed by atoms with Gasteiger partial charge in [0.1, 0.15) is 6.61 Å². The monoisotopic (exact) mass is 285 g/mol. The molecule has 6 heteroatoms.